The Morgan fingerprint density at radius 3 is 1.92 bits per heavy atom. The third-order valence-corrected chi connectivity index (χ3v) is 17.3. The number of hydrogen-bond donors (Lipinski definition) is 1. The second kappa shape index (κ2) is 21.1. The summed E-state index contributed by atoms with van der Waals surface area (Å²) in [6.07, 6.45) is 13.1. The molecule has 13 rings (SSSR count). The van der Waals surface area contributed by atoms with Crippen LogP contribution in [0.3, 0.4) is 0 Å². The summed E-state index contributed by atoms with van der Waals surface area (Å²) in [5.41, 5.74) is 32.0. The fourth-order valence-electron chi connectivity index (χ4n) is 13.2. The molecule has 0 fully saturated rings. The van der Waals surface area contributed by atoms with Crippen molar-refractivity contribution in [3.05, 3.63) is 276 Å². The van der Waals surface area contributed by atoms with E-state index in [4.69, 9.17) is 10.7 Å². The SMILES string of the molecule is C/C=C(/N=C(\C/C(CC)=C(\N)CC1c2c(cc(-n3c4ccccc4c4ccccc43)c3c4ccccc4n(C(C)c4ccccc4)c23)-c2ccccc2C1C)C1=CC=CCC1)c1ccc(-c2cccc(-c3ccccc3)c2)cc1. The van der Waals surface area contributed by atoms with E-state index in [0.717, 1.165) is 41.9 Å². The lowest BCUT2D eigenvalue weighted by Gasteiger charge is -2.36. The monoisotopic (exact) mass is 1020 g/mol. The van der Waals surface area contributed by atoms with E-state index < -0.39 is 0 Å². The van der Waals surface area contributed by atoms with Crippen LogP contribution in [0.15, 0.2) is 258 Å². The number of nitrogens with zero attached hydrogens (tertiary/aromatic N) is 3. The van der Waals surface area contributed by atoms with Crippen LogP contribution in [0.1, 0.15) is 99.9 Å². The van der Waals surface area contributed by atoms with Gasteiger partial charge in [0.1, 0.15) is 0 Å². The van der Waals surface area contributed by atoms with E-state index in [1.54, 1.807) is 0 Å². The number of benzene rings is 9. The van der Waals surface area contributed by atoms with Crippen molar-refractivity contribution in [2.24, 2.45) is 10.7 Å². The smallest absolute Gasteiger partial charge is 0.0662 e. The van der Waals surface area contributed by atoms with Gasteiger partial charge < -0.3 is 14.9 Å². The zero-order chi connectivity index (χ0) is 53.6. The Morgan fingerprint density at radius 1 is 0.646 bits per heavy atom. The number of aromatic nitrogens is 2. The quantitative estimate of drug-likeness (QED) is 0.115. The largest absolute Gasteiger partial charge is 0.402 e. The van der Waals surface area contributed by atoms with Crippen LogP contribution < -0.4 is 5.73 Å². The molecule has 3 unspecified atom stereocenters. The molecular formula is C75H66N4. The Bertz CT molecular complexity index is 4220. The van der Waals surface area contributed by atoms with Gasteiger partial charge in [-0.15, -0.1) is 0 Å². The zero-order valence-electron chi connectivity index (χ0n) is 45.7. The molecule has 3 atom stereocenters. The Morgan fingerprint density at radius 2 is 1.25 bits per heavy atom. The van der Waals surface area contributed by atoms with Crippen LogP contribution in [-0.2, 0) is 0 Å². The average molecular weight is 1020 g/mol. The maximum atomic E-state index is 7.78. The molecule has 0 radical (unpaired) electrons. The lowest BCUT2D eigenvalue weighted by molar-refractivity contribution is 0.557. The van der Waals surface area contributed by atoms with Crippen molar-refractivity contribution in [2.75, 3.05) is 0 Å². The minimum atomic E-state index is 0.0350. The molecule has 386 valence electrons. The van der Waals surface area contributed by atoms with E-state index in [1.807, 2.05) is 0 Å². The molecule has 79 heavy (non-hydrogen) atoms. The summed E-state index contributed by atoms with van der Waals surface area (Å²) in [7, 11) is 0. The van der Waals surface area contributed by atoms with Crippen LogP contribution >= 0.6 is 0 Å². The van der Waals surface area contributed by atoms with Gasteiger partial charge in [0.05, 0.1) is 34.0 Å². The fraction of sp³-hybridized carbons (Fsp3) is 0.160. The summed E-state index contributed by atoms with van der Waals surface area (Å²) in [6, 6.07) is 78.1. The first-order chi connectivity index (χ1) is 38.9. The van der Waals surface area contributed by atoms with Gasteiger partial charge in [-0.25, -0.2) is 0 Å². The predicted octanol–water partition coefficient (Wildman–Crippen LogP) is 19.9. The summed E-state index contributed by atoms with van der Waals surface area (Å²) in [6.45, 7) is 9.22. The van der Waals surface area contributed by atoms with Crippen LogP contribution in [0.4, 0.5) is 0 Å². The van der Waals surface area contributed by atoms with Crippen LogP contribution in [0.2, 0.25) is 0 Å². The van der Waals surface area contributed by atoms with Gasteiger partial charge in [0.25, 0.3) is 0 Å². The topological polar surface area (TPSA) is 48.2 Å². The van der Waals surface area contributed by atoms with Gasteiger partial charge in [0, 0.05) is 44.9 Å². The number of aliphatic imine (C=N–C) groups is 1. The Labute approximate surface area is 464 Å². The highest BCUT2D eigenvalue weighted by atomic mass is 15.0. The molecule has 0 amide bonds. The van der Waals surface area contributed by atoms with E-state index in [-0.39, 0.29) is 17.9 Å². The lowest BCUT2D eigenvalue weighted by atomic mass is 9.69. The van der Waals surface area contributed by atoms with Gasteiger partial charge in [0.15, 0.2) is 0 Å². The Hall–Kier alpha value is -8.99. The number of fused-ring (bicyclic) bond motifs is 10. The lowest BCUT2D eigenvalue weighted by Crippen LogP contribution is -2.21. The third kappa shape index (κ3) is 8.86. The fourth-order valence-corrected chi connectivity index (χ4v) is 13.2. The number of para-hydroxylation sites is 3. The first kappa shape index (κ1) is 49.6. The number of allylic oxidation sites excluding steroid dienone is 7. The van der Waals surface area contributed by atoms with Crippen molar-refractivity contribution in [1.29, 1.82) is 0 Å². The van der Waals surface area contributed by atoms with Gasteiger partial charge in [-0.3, -0.25) is 4.99 Å². The Kier molecular flexibility index (Phi) is 13.2. The van der Waals surface area contributed by atoms with Crippen LogP contribution in [-0.4, -0.2) is 14.8 Å². The van der Waals surface area contributed by atoms with Gasteiger partial charge >= 0.3 is 0 Å². The molecule has 2 aliphatic carbocycles. The van der Waals surface area contributed by atoms with Gasteiger partial charge in [0.2, 0.25) is 0 Å². The van der Waals surface area contributed by atoms with E-state index in [1.165, 1.54) is 111 Å². The zero-order valence-corrected chi connectivity index (χ0v) is 45.7. The molecule has 4 nitrogen and oxygen atoms in total. The van der Waals surface area contributed by atoms with Crippen molar-refractivity contribution < 1.29 is 0 Å². The second-order valence-electron chi connectivity index (χ2n) is 21.7. The molecular weight excluding hydrogens is 957 g/mol. The number of rotatable bonds is 13. The molecule has 11 aromatic rings. The predicted molar refractivity (Wildman–Crippen MR) is 336 cm³/mol. The number of hydrogen-bond acceptors (Lipinski definition) is 2. The van der Waals surface area contributed by atoms with E-state index in [9.17, 15) is 0 Å². The van der Waals surface area contributed by atoms with Crippen molar-refractivity contribution in [3.63, 3.8) is 0 Å². The van der Waals surface area contributed by atoms with Gasteiger partial charge in [-0.1, -0.05) is 220 Å². The average Bonchev–Trinajstić information content (AvgIpc) is 3.35. The highest BCUT2D eigenvalue weighted by Gasteiger charge is 2.37. The van der Waals surface area contributed by atoms with E-state index in [2.05, 4.69) is 273 Å². The summed E-state index contributed by atoms with van der Waals surface area (Å²) in [4.78, 5) is 5.62. The molecule has 0 aliphatic heterocycles. The Balaban J connectivity index is 0.960. The minimum Gasteiger partial charge on any atom is -0.402 e. The van der Waals surface area contributed by atoms with Crippen molar-refractivity contribution in [3.8, 4) is 39.1 Å². The van der Waals surface area contributed by atoms with E-state index >= 15 is 0 Å². The van der Waals surface area contributed by atoms with Crippen molar-refractivity contribution in [2.45, 2.75) is 77.7 Å². The first-order valence-electron chi connectivity index (χ1n) is 28.4. The summed E-state index contributed by atoms with van der Waals surface area (Å²) >= 11 is 0. The third-order valence-electron chi connectivity index (χ3n) is 17.3. The molecule has 2 aliphatic rings. The molecule has 0 saturated heterocycles. The summed E-state index contributed by atoms with van der Waals surface area (Å²) < 4.78 is 5.22. The first-order valence-corrected chi connectivity index (χ1v) is 28.4. The van der Waals surface area contributed by atoms with Crippen LogP contribution in [0.5, 0.6) is 0 Å². The molecule has 4 heteroatoms. The molecule has 9 aromatic carbocycles. The standard InChI is InChI=1S/C75H66N4/c1-5-51(46-68(55-29-14-9-15-30-55)77-67(6-2)56-43-41-54(42-44-56)58-32-24-31-57(45-58)53-27-12-8-13-28-53)66(76)47-64-49(3)59-33-16-17-34-60(59)65-48-72(79-69-38-21-18-35-61(69)62-36-19-22-39-70(62)79)74-63-37-20-23-40-71(63)78(75(74)73(64)65)50(4)52-25-10-7-11-26-52/h6-14,16-29,31-45,48-50,64H,5,15,30,46-47,76H2,1-4H3/b66-51-,67-6+,77-68+. The van der Waals surface area contributed by atoms with Crippen LogP contribution in [0.25, 0.3) is 88.4 Å². The molecule has 0 saturated carbocycles. The summed E-state index contributed by atoms with van der Waals surface area (Å²) in [5.74, 6) is 0.251. The second-order valence-corrected chi connectivity index (χ2v) is 21.7. The molecule has 0 spiro atoms. The van der Waals surface area contributed by atoms with Gasteiger partial charge in [-0.2, -0.15) is 0 Å². The van der Waals surface area contributed by atoms with Crippen LogP contribution in [0, 0.1) is 0 Å². The molecule has 0 bridgehead atoms. The molecule has 2 N–H and O–H groups in total. The number of nitrogens with two attached hydrogens (primary N) is 1. The van der Waals surface area contributed by atoms with Crippen molar-refractivity contribution in [1.82, 2.24) is 9.13 Å². The molecule has 2 heterocycles. The van der Waals surface area contributed by atoms with Crippen molar-refractivity contribution >= 4 is 55.0 Å². The maximum absolute atomic E-state index is 7.78. The minimum absolute atomic E-state index is 0.0350. The normalized spacial score (nSPS) is 16.3. The highest BCUT2D eigenvalue weighted by molar-refractivity contribution is 6.18. The maximum Gasteiger partial charge on any atom is 0.0662 e. The molecule has 2 aromatic heterocycles. The van der Waals surface area contributed by atoms with E-state index in [0.29, 0.717) is 12.8 Å². The summed E-state index contributed by atoms with van der Waals surface area (Å²) in [5, 5.41) is 5.04. The van der Waals surface area contributed by atoms with Gasteiger partial charge in [-0.05, 0) is 148 Å². The highest BCUT2D eigenvalue weighted by Crippen LogP contribution is 2.55.